The molecule has 4 heterocycles. The van der Waals surface area contributed by atoms with Gasteiger partial charge in [0.05, 0.1) is 24.8 Å². The summed E-state index contributed by atoms with van der Waals surface area (Å²) in [6, 6.07) is 6.84. The molecule has 0 N–H and O–H groups in total. The van der Waals surface area contributed by atoms with Gasteiger partial charge in [0.25, 0.3) is 0 Å². The Bertz CT molecular complexity index is 1150. The first-order chi connectivity index (χ1) is 16.5. The van der Waals surface area contributed by atoms with E-state index < -0.39 is 0 Å². The zero-order valence-electron chi connectivity index (χ0n) is 20.8. The van der Waals surface area contributed by atoms with Crippen LogP contribution in [0.4, 0.5) is 0 Å². The molecule has 1 fully saturated rings. The van der Waals surface area contributed by atoms with E-state index in [4.69, 9.17) is 14.8 Å². The number of fused-ring (bicyclic) bond motifs is 1. The van der Waals surface area contributed by atoms with Crippen LogP contribution in [0.5, 0.6) is 5.75 Å². The van der Waals surface area contributed by atoms with Crippen LogP contribution in [-0.4, -0.2) is 55.5 Å². The molecule has 0 aliphatic carbocycles. The van der Waals surface area contributed by atoms with Gasteiger partial charge in [-0.1, -0.05) is 12.1 Å². The highest BCUT2D eigenvalue weighted by Crippen LogP contribution is 2.38. The number of likely N-dealkylation sites (tertiary alicyclic amines) is 1. The first-order valence-corrected chi connectivity index (χ1v) is 12.6. The van der Waals surface area contributed by atoms with E-state index >= 15 is 0 Å². The van der Waals surface area contributed by atoms with E-state index in [1.54, 1.807) is 7.11 Å². The van der Waals surface area contributed by atoms with Crippen LogP contribution in [0.3, 0.4) is 0 Å². The fourth-order valence-corrected chi connectivity index (χ4v) is 5.49. The topological polar surface area (TPSA) is 61.0 Å². The number of benzene rings is 1. The van der Waals surface area contributed by atoms with Gasteiger partial charge < -0.3 is 14.2 Å². The normalized spacial score (nSPS) is 19.7. The van der Waals surface area contributed by atoms with Gasteiger partial charge in [0.2, 0.25) is 0 Å². The predicted octanol–water partition coefficient (Wildman–Crippen LogP) is 4.95. The van der Waals surface area contributed by atoms with Gasteiger partial charge in [-0.05, 0) is 89.2 Å². The molecule has 0 amide bonds. The minimum absolute atomic E-state index is 0.538. The number of rotatable bonds is 6. The van der Waals surface area contributed by atoms with Crippen molar-refractivity contribution in [2.45, 2.75) is 65.0 Å². The Balaban J connectivity index is 1.32. The smallest absolute Gasteiger partial charge is 0.174 e. The molecule has 1 saturated heterocycles. The number of piperidine rings is 1. The number of hydrogen-bond donors (Lipinski definition) is 0. The van der Waals surface area contributed by atoms with Gasteiger partial charge in [0, 0.05) is 24.7 Å². The second kappa shape index (κ2) is 9.74. The van der Waals surface area contributed by atoms with Gasteiger partial charge >= 0.3 is 0 Å². The van der Waals surface area contributed by atoms with E-state index in [-0.39, 0.29) is 0 Å². The van der Waals surface area contributed by atoms with E-state index in [0.717, 1.165) is 41.0 Å². The lowest BCUT2D eigenvalue weighted by Crippen LogP contribution is -2.40. The Morgan fingerprint density at radius 2 is 1.91 bits per heavy atom. The summed E-state index contributed by atoms with van der Waals surface area (Å²) in [6.07, 6.45) is 12.9. The molecule has 0 spiro atoms. The molecule has 180 valence electrons. The van der Waals surface area contributed by atoms with E-state index in [0.29, 0.717) is 12.0 Å². The van der Waals surface area contributed by atoms with Crippen molar-refractivity contribution in [3.05, 3.63) is 53.6 Å². The van der Waals surface area contributed by atoms with Gasteiger partial charge in [-0.3, -0.25) is 0 Å². The predicted molar refractivity (Wildman–Crippen MR) is 135 cm³/mol. The minimum Gasteiger partial charge on any atom is -0.495 e. The first kappa shape index (κ1) is 22.8. The van der Waals surface area contributed by atoms with Gasteiger partial charge in [0.15, 0.2) is 5.82 Å². The molecular weight excluding hydrogens is 424 g/mol. The highest BCUT2D eigenvalue weighted by atomic mass is 16.5. The van der Waals surface area contributed by atoms with Gasteiger partial charge in [-0.25, -0.2) is 14.6 Å². The lowest BCUT2D eigenvalue weighted by molar-refractivity contribution is 0.128. The molecule has 34 heavy (non-hydrogen) atoms. The molecule has 7 nitrogen and oxygen atoms in total. The Kier molecular flexibility index (Phi) is 6.55. The van der Waals surface area contributed by atoms with Crippen molar-refractivity contribution < 1.29 is 4.74 Å². The maximum atomic E-state index is 5.65. The third kappa shape index (κ3) is 4.67. The molecule has 1 aromatic carbocycles. The van der Waals surface area contributed by atoms with Crippen molar-refractivity contribution in [2.24, 2.45) is 5.92 Å². The second-order valence-electron chi connectivity index (χ2n) is 9.95. The van der Waals surface area contributed by atoms with Gasteiger partial charge in [-0.2, -0.15) is 5.10 Å². The third-order valence-electron chi connectivity index (χ3n) is 7.43. The van der Waals surface area contributed by atoms with E-state index in [2.05, 4.69) is 46.6 Å². The van der Waals surface area contributed by atoms with Crippen molar-refractivity contribution in [1.82, 2.24) is 29.2 Å². The van der Waals surface area contributed by atoms with Crippen LogP contribution in [0.25, 0.3) is 17.8 Å². The van der Waals surface area contributed by atoms with E-state index in [1.807, 2.05) is 36.2 Å². The Labute approximate surface area is 202 Å². The summed E-state index contributed by atoms with van der Waals surface area (Å²) in [5.74, 6) is 4.06. The molecule has 5 rings (SSSR count). The molecule has 1 unspecified atom stereocenters. The van der Waals surface area contributed by atoms with Crippen LogP contribution < -0.4 is 4.74 Å². The number of nitrogens with zero attached hydrogens (tertiary/aromatic N) is 6. The SMILES string of the molecule is COc1cc(/C=C/c2nc3n(n2)CCCC3C2CCN(C(C)C)CC2)ccc1-n1cnc(C)c1. The summed E-state index contributed by atoms with van der Waals surface area (Å²) in [6.45, 7) is 9.98. The number of aryl methyl sites for hydroxylation is 2. The number of hydrogen-bond acceptors (Lipinski definition) is 5. The quantitative estimate of drug-likeness (QED) is 0.521. The van der Waals surface area contributed by atoms with Crippen molar-refractivity contribution in [1.29, 1.82) is 0 Å². The van der Waals surface area contributed by atoms with Crippen LogP contribution >= 0.6 is 0 Å². The van der Waals surface area contributed by atoms with Crippen molar-refractivity contribution in [2.75, 3.05) is 20.2 Å². The standard InChI is InChI=1S/C27H36N6O/c1-19(2)31-14-11-22(12-15-31)23-6-5-13-33-27(23)29-26(30-33)10-8-21-7-9-24(25(16-21)34-4)32-17-20(3)28-18-32/h7-10,16-19,22-23H,5-6,11-15H2,1-4H3/b10-8+. The fourth-order valence-electron chi connectivity index (χ4n) is 5.49. The van der Waals surface area contributed by atoms with Crippen LogP contribution in [-0.2, 0) is 6.54 Å². The number of ether oxygens (including phenoxy) is 1. The number of imidazole rings is 1. The molecule has 0 saturated carbocycles. The zero-order chi connectivity index (χ0) is 23.7. The number of aromatic nitrogens is 5. The van der Waals surface area contributed by atoms with Crippen molar-refractivity contribution >= 4 is 12.2 Å². The monoisotopic (exact) mass is 460 g/mol. The molecule has 3 aromatic rings. The summed E-state index contributed by atoms with van der Waals surface area (Å²) >= 11 is 0. The molecule has 1 atom stereocenters. The first-order valence-electron chi connectivity index (χ1n) is 12.6. The fraction of sp³-hybridized carbons (Fsp3) is 0.519. The summed E-state index contributed by atoms with van der Waals surface area (Å²) < 4.78 is 9.80. The lowest BCUT2D eigenvalue weighted by Gasteiger charge is -2.38. The van der Waals surface area contributed by atoms with Gasteiger partial charge in [-0.15, -0.1) is 0 Å². The number of methoxy groups -OCH3 is 1. The van der Waals surface area contributed by atoms with Crippen LogP contribution in [0.15, 0.2) is 30.7 Å². The molecule has 0 radical (unpaired) electrons. The van der Waals surface area contributed by atoms with Crippen LogP contribution in [0.1, 0.15) is 68.4 Å². The van der Waals surface area contributed by atoms with Crippen LogP contribution in [0, 0.1) is 12.8 Å². The zero-order valence-corrected chi connectivity index (χ0v) is 20.8. The minimum atomic E-state index is 0.538. The third-order valence-corrected chi connectivity index (χ3v) is 7.43. The van der Waals surface area contributed by atoms with Crippen molar-refractivity contribution in [3.8, 4) is 11.4 Å². The van der Waals surface area contributed by atoms with E-state index in [9.17, 15) is 0 Å². The molecule has 2 aliphatic heterocycles. The average Bonchev–Trinajstić information content (AvgIpc) is 3.48. The Morgan fingerprint density at radius 3 is 2.62 bits per heavy atom. The average molecular weight is 461 g/mol. The van der Waals surface area contributed by atoms with Crippen LogP contribution in [0.2, 0.25) is 0 Å². The second-order valence-corrected chi connectivity index (χ2v) is 9.95. The maximum Gasteiger partial charge on any atom is 0.174 e. The molecule has 2 aromatic heterocycles. The largest absolute Gasteiger partial charge is 0.495 e. The van der Waals surface area contributed by atoms with E-state index in [1.165, 1.54) is 44.6 Å². The molecule has 2 aliphatic rings. The lowest BCUT2D eigenvalue weighted by atomic mass is 9.79. The molecule has 0 bridgehead atoms. The molecule has 7 heteroatoms. The summed E-state index contributed by atoms with van der Waals surface area (Å²) in [7, 11) is 1.70. The summed E-state index contributed by atoms with van der Waals surface area (Å²) in [5, 5.41) is 4.83. The Morgan fingerprint density at radius 1 is 1.09 bits per heavy atom. The Hall–Kier alpha value is -2.93. The maximum absolute atomic E-state index is 5.65. The van der Waals surface area contributed by atoms with Crippen molar-refractivity contribution in [3.63, 3.8) is 0 Å². The highest BCUT2D eigenvalue weighted by molar-refractivity contribution is 5.69. The highest BCUT2D eigenvalue weighted by Gasteiger charge is 2.33. The molecular formula is C27H36N6O. The van der Waals surface area contributed by atoms with Gasteiger partial charge in [0.1, 0.15) is 11.6 Å². The summed E-state index contributed by atoms with van der Waals surface area (Å²) in [4.78, 5) is 11.9. The summed E-state index contributed by atoms with van der Waals surface area (Å²) in [5.41, 5.74) is 3.01.